The van der Waals surface area contributed by atoms with Crippen molar-refractivity contribution in [3.8, 4) is 0 Å². The first-order chi connectivity index (χ1) is 7.29. The van der Waals surface area contributed by atoms with E-state index in [1.165, 1.54) is 0 Å². The summed E-state index contributed by atoms with van der Waals surface area (Å²) < 4.78 is 0.619. The van der Waals surface area contributed by atoms with Crippen LogP contribution in [0.2, 0.25) is 0 Å². The van der Waals surface area contributed by atoms with Crippen LogP contribution in [-0.4, -0.2) is 11.9 Å². The first-order valence-electron chi connectivity index (χ1n) is 3.67. The zero-order valence-corrected chi connectivity index (χ0v) is 20.9. The van der Waals surface area contributed by atoms with Crippen molar-refractivity contribution in [1.82, 2.24) is 0 Å². The number of hydrogen-bond acceptors (Lipinski definition) is 5. The number of rotatable bonds is 2. The van der Waals surface area contributed by atoms with Crippen LogP contribution in [0, 0.1) is 10.7 Å². The first-order valence-corrected chi connectivity index (χ1v) is 6.91. The number of carbonyl (C=O) groups excluding carboxylic acids is 2. The van der Waals surface area contributed by atoms with Crippen LogP contribution in [0.4, 0.5) is 5.69 Å². The maximum absolute atomic E-state index is 10.9. The van der Waals surface area contributed by atoms with Gasteiger partial charge in [-0.15, -0.1) is 0 Å². The van der Waals surface area contributed by atoms with E-state index in [0.29, 0.717) is 0 Å². The topological polar surface area (TPSA) is 106 Å². The number of halogens is 3. The second-order valence-corrected chi connectivity index (χ2v) is 5.92. The Morgan fingerprint density at radius 3 is 1.39 bits per heavy atom. The summed E-state index contributed by atoms with van der Waals surface area (Å²) in [7, 11) is 0. The zero-order chi connectivity index (χ0) is 12.6. The molecule has 5 nitrogen and oxygen atoms in total. The summed E-state index contributed by atoms with van der Waals surface area (Å²) in [4.78, 5) is 21.8. The molecule has 0 fully saturated rings. The molecule has 0 aromatic heterocycles. The average molecular weight is 619 g/mol. The van der Waals surface area contributed by atoms with Crippen molar-refractivity contribution in [2.45, 2.75) is 0 Å². The predicted molar refractivity (Wildman–Crippen MR) is 77.7 cm³/mol. The molecule has 1 aromatic carbocycles. The third kappa shape index (κ3) is 4.91. The van der Waals surface area contributed by atoms with Gasteiger partial charge in [0.2, 0.25) is 0 Å². The van der Waals surface area contributed by atoms with Crippen LogP contribution in [0.15, 0.2) is 0 Å². The first kappa shape index (κ1) is 23.1. The Bertz CT molecular complexity index is 471. The summed E-state index contributed by atoms with van der Waals surface area (Å²) in [6, 6.07) is 0. The molecule has 1 aromatic rings. The van der Waals surface area contributed by atoms with Crippen molar-refractivity contribution in [3.05, 3.63) is 21.8 Å². The van der Waals surface area contributed by atoms with Gasteiger partial charge in [-0.05, 0) is 67.8 Å². The largest absolute Gasteiger partial charge is 1.00 e. The fraction of sp³-hybridized carbons (Fsp3) is 0. The second-order valence-electron chi connectivity index (χ2n) is 2.68. The van der Waals surface area contributed by atoms with Gasteiger partial charge in [0, 0.05) is 21.8 Å². The number of anilines is 1. The summed E-state index contributed by atoms with van der Waals surface area (Å²) in [5.74, 6) is -2.92. The molecule has 0 atom stereocenters. The number of carbonyl (C=O) groups is 2. The molecule has 0 aliphatic rings. The monoisotopic (exact) mass is 619 g/mol. The van der Waals surface area contributed by atoms with Gasteiger partial charge in [-0.25, -0.2) is 0 Å². The Morgan fingerprint density at radius 1 is 0.889 bits per heavy atom. The standard InChI is InChI=1S/C8H4I3NO4.K.Na/c9-3-1(7(13)14)4(10)6(12)5(11)2(3)8(15)16;;/h12H2,(H,13,14)(H,15,16);;/q;2*+1/p-2. The maximum Gasteiger partial charge on any atom is 1.00 e. The van der Waals surface area contributed by atoms with Crippen molar-refractivity contribution >= 4 is 85.4 Å². The van der Waals surface area contributed by atoms with Crippen molar-refractivity contribution in [2.75, 3.05) is 5.73 Å². The van der Waals surface area contributed by atoms with Crippen molar-refractivity contribution in [3.63, 3.8) is 0 Å². The summed E-state index contributed by atoms with van der Waals surface area (Å²) >= 11 is 5.12. The van der Waals surface area contributed by atoms with E-state index in [0.717, 1.165) is 0 Å². The van der Waals surface area contributed by atoms with Crippen LogP contribution in [0.25, 0.3) is 0 Å². The molecule has 0 spiro atoms. The van der Waals surface area contributed by atoms with Crippen LogP contribution >= 0.6 is 67.8 Å². The molecule has 86 valence electrons. The van der Waals surface area contributed by atoms with E-state index in [4.69, 9.17) is 5.73 Å². The van der Waals surface area contributed by atoms with Crippen LogP contribution in [0.3, 0.4) is 0 Å². The Morgan fingerprint density at radius 2 is 1.17 bits per heavy atom. The molecule has 0 saturated heterocycles. The molecule has 0 heterocycles. The number of carboxylic acid groups (broad SMARTS) is 2. The van der Waals surface area contributed by atoms with Gasteiger partial charge in [-0.3, -0.25) is 0 Å². The number of nitrogen functional groups attached to an aromatic ring is 1. The van der Waals surface area contributed by atoms with Crippen LogP contribution in [0.1, 0.15) is 20.7 Å². The minimum absolute atomic E-state index is 0. The van der Waals surface area contributed by atoms with E-state index in [2.05, 4.69) is 0 Å². The SMILES string of the molecule is Nc1c(I)c(C(=O)[O-])c(I)c(C(=O)[O-])c1I.[K+].[Na+]. The third-order valence-corrected chi connectivity index (χ3v) is 5.08. The van der Waals surface area contributed by atoms with Crippen molar-refractivity contribution < 1.29 is 101 Å². The maximum atomic E-state index is 10.9. The summed E-state index contributed by atoms with van der Waals surface area (Å²) in [5, 5.41) is 21.8. The van der Waals surface area contributed by atoms with Gasteiger partial charge in [0.1, 0.15) is 0 Å². The van der Waals surface area contributed by atoms with E-state index in [9.17, 15) is 19.8 Å². The van der Waals surface area contributed by atoms with Crippen molar-refractivity contribution in [1.29, 1.82) is 0 Å². The smallest absolute Gasteiger partial charge is 0.545 e. The number of benzene rings is 1. The summed E-state index contributed by atoms with van der Waals surface area (Å²) in [5.41, 5.74) is 5.32. The number of hydrogen-bond donors (Lipinski definition) is 1. The molecule has 0 unspecified atom stereocenters. The number of carboxylic acids is 2. The van der Waals surface area contributed by atoms with Crippen LogP contribution < -0.4 is 96.9 Å². The Labute approximate surface area is 209 Å². The Balaban J connectivity index is 0. The summed E-state index contributed by atoms with van der Waals surface area (Å²) in [6.45, 7) is 0. The number of aromatic carboxylic acids is 2. The minimum Gasteiger partial charge on any atom is -0.545 e. The van der Waals surface area contributed by atoms with Gasteiger partial charge in [-0.1, -0.05) is 0 Å². The molecule has 0 aliphatic heterocycles. The zero-order valence-electron chi connectivity index (χ0n) is 9.34. The quantitative estimate of drug-likeness (QED) is 0.202. The van der Waals surface area contributed by atoms with Gasteiger partial charge in [0.15, 0.2) is 0 Å². The summed E-state index contributed by atoms with van der Waals surface area (Å²) in [6.07, 6.45) is 0. The molecule has 1 rings (SSSR count). The molecule has 0 bridgehead atoms. The van der Waals surface area contributed by atoms with E-state index < -0.39 is 11.9 Å². The molecule has 0 radical (unpaired) electrons. The normalized spacial score (nSPS) is 9.06. The van der Waals surface area contributed by atoms with Gasteiger partial charge < -0.3 is 25.5 Å². The Hall–Kier alpha value is 2.79. The molecule has 0 aliphatic carbocycles. The van der Waals surface area contributed by atoms with Gasteiger partial charge in [0.25, 0.3) is 0 Å². The number of nitrogens with two attached hydrogens (primary N) is 1. The van der Waals surface area contributed by atoms with Gasteiger partial charge >= 0.3 is 80.9 Å². The van der Waals surface area contributed by atoms with Gasteiger partial charge in [-0.2, -0.15) is 0 Å². The van der Waals surface area contributed by atoms with E-state index in [-0.39, 0.29) is 108 Å². The molecule has 2 N–H and O–H groups in total. The Kier molecular flexibility index (Phi) is 12.5. The fourth-order valence-corrected chi connectivity index (χ4v) is 5.09. The molecular formula is C8H2I3KNNaO4. The minimum atomic E-state index is -1.46. The predicted octanol–water partition coefficient (Wildman–Crippen LogP) is -6.18. The van der Waals surface area contributed by atoms with Crippen LogP contribution in [-0.2, 0) is 0 Å². The molecule has 0 amide bonds. The van der Waals surface area contributed by atoms with Crippen LogP contribution in [0.5, 0.6) is 0 Å². The molecule has 0 saturated carbocycles. The van der Waals surface area contributed by atoms with E-state index in [1.54, 1.807) is 67.8 Å². The fourth-order valence-electron chi connectivity index (χ4n) is 1.04. The third-order valence-electron chi connectivity index (χ3n) is 1.76. The second kappa shape index (κ2) is 9.73. The van der Waals surface area contributed by atoms with E-state index >= 15 is 0 Å². The molecule has 18 heavy (non-hydrogen) atoms. The van der Waals surface area contributed by atoms with Gasteiger partial charge in [0.05, 0.1) is 17.6 Å². The molecular weight excluding hydrogens is 617 g/mol. The van der Waals surface area contributed by atoms with Crippen molar-refractivity contribution in [2.24, 2.45) is 0 Å². The van der Waals surface area contributed by atoms with E-state index in [1.807, 2.05) is 0 Å². The average Bonchev–Trinajstić information content (AvgIpc) is 2.13. The molecule has 10 heteroatoms.